The van der Waals surface area contributed by atoms with Crippen molar-refractivity contribution < 1.29 is 0 Å². The van der Waals surface area contributed by atoms with Crippen molar-refractivity contribution in [2.24, 2.45) is 5.92 Å². The van der Waals surface area contributed by atoms with E-state index >= 15 is 0 Å². The lowest BCUT2D eigenvalue weighted by molar-refractivity contribution is 0.474. The van der Waals surface area contributed by atoms with Crippen molar-refractivity contribution in [3.05, 3.63) is 22.4 Å². The van der Waals surface area contributed by atoms with Gasteiger partial charge in [0.05, 0.1) is 16.9 Å². The summed E-state index contributed by atoms with van der Waals surface area (Å²) >= 11 is 11.8. The maximum Gasteiger partial charge on any atom is 0.147 e. The van der Waals surface area contributed by atoms with Gasteiger partial charge >= 0.3 is 0 Å². The summed E-state index contributed by atoms with van der Waals surface area (Å²) in [6.45, 7) is 3.26. The minimum atomic E-state index is 0.378. The highest BCUT2D eigenvalue weighted by Gasteiger charge is 2.32. The predicted molar refractivity (Wildman–Crippen MR) is 66.4 cm³/mol. The SMILES string of the molecule is Clc1cc(N2C[C@@H]3CN[C@@H](C3)C2)cnc1Cl. The fourth-order valence-electron chi connectivity index (χ4n) is 2.63. The first-order chi connectivity index (χ1) is 7.72. The van der Waals surface area contributed by atoms with Crippen molar-refractivity contribution in [2.45, 2.75) is 12.5 Å². The van der Waals surface area contributed by atoms with E-state index in [0.717, 1.165) is 31.2 Å². The van der Waals surface area contributed by atoms with Gasteiger partial charge in [-0.2, -0.15) is 0 Å². The molecule has 1 aromatic rings. The van der Waals surface area contributed by atoms with E-state index in [0.29, 0.717) is 16.2 Å². The topological polar surface area (TPSA) is 28.2 Å². The van der Waals surface area contributed by atoms with Gasteiger partial charge in [-0.05, 0) is 18.4 Å². The first-order valence-electron chi connectivity index (χ1n) is 5.52. The molecule has 2 bridgehead atoms. The summed E-state index contributed by atoms with van der Waals surface area (Å²) in [5.41, 5.74) is 1.08. The van der Waals surface area contributed by atoms with Gasteiger partial charge in [-0.1, -0.05) is 23.2 Å². The second-order valence-corrected chi connectivity index (χ2v) is 5.34. The van der Waals surface area contributed by atoms with Crippen molar-refractivity contribution in [3.8, 4) is 0 Å². The molecule has 0 spiro atoms. The van der Waals surface area contributed by atoms with E-state index in [2.05, 4.69) is 15.2 Å². The molecule has 0 amide bonds. The van der Waals surface area contributed by atoms with Crippen LogP contribution in [0.5, 0.6) is 0 Å². The Morgan fingerprint density at radius 2 is 2.25 bits per heavy atom. The molecule has 2 aliphatic rings. The van der Waals surface area contributed by atoms with Crippen LogP contribution in [0.15, 0.2) is 12.3 Å². The van der Waals surface area contributed by atoms with Gasteiger partial charge < -0.3 is 10.2 Å². The van der Waals surface area contributed by atoms with Crippen LogP contribution in [-0.4, -0.2) is 30.7 Å². The smallest absolute Gasteiger partial charge is 0.147 e. The minimum absolute atomic E-state index is 0.378. The quantitative estimate of drug-likeness (QED) is 0.782. The van der Waals surface area contributed by atoms with Gasteiger partial charge in [-0.25, -0.2) is 4.98 Å². The monoisotopic (exact) mass is 257 g/mol. The summed E-state index contributed by atoms with van der Waals surface area (Å²) in [6.07, 6.45) is 3.10. The Bertz CT molecular complexity index is 398. The zero-order chi connectivity index (χ0) is 11.1. The lowest BCUT2D eigenvalue weighted by Crippen LogP contribution is -2.41. The highest BCUT2D eigenvalue weighted by Crippen LogP contribution is 2.29. The molecule has 16 heavy (non-hydrogen) atoms. The van der Waals surface area contributed by atoms with Crippen LogP contribution in [0, 0.1) is 5.92 Å². The Kier molecular flexibility index (Phi) is 2.70. The fraction of sp³-hybridized carbons (Fsp3) is 0.545. The number of halogens is 2. The molecule has 1 aromatic heterocycles. The molecular formula is C11H13Cl2N3. The normalized spacial score (nSPS) is 28.5. The number of fused-ring (bicyclic) bond motifs is 2. The van der Waals surface area contributed by atoms with Gasteiger partial charge in [0, 0.05) is 25.7 Å². The van der Waals surface area contributed by atoms with Crippen LogP contribution in [0.25, 0.3) is 0 Å². The molecule has 2 saturated heterocycles. The summed E-state index contributed by atoms with van der Waals surface area (Å²) in [4.78, 5) is 6.44. The Labute approximate surface area is 105 Å². The van der Waals surface area contributed by atoms with Crippen molar-refractivity contribution >= 4 is 28.9 Å². The third-order valence-corrected chi connectivity index (χ3v) is 4.07. The maximum atomic E-state index is 5.98. The standard InChI is InChI=1S/C11H13Cl2N3/c12-10-2-9(4-15-11(10)13)16-5-7-1-8(6-16)14-3-7/h2,4,7-8,14H,1,3,5-6H2/t7-,8-/m0/s1. The molecule has 0 saturated carbocycles. The molecule has 3 heterocycles. The van der Waals surface area contributed by atoms with E-state index < -0.39 is 0 Å². The Hall–Kier alpha value is -0.510. The summed E-state index contributed by atoms with van der Waals surface area (Å²) in [5, 5.41) is 4.43. The van der Waals surface area contributed by atoms with Gasteiger partial charge in [0.1, 0.15) is 5.15 Å². The molecule has 2 fully saturated rings. The van der Waals surface area contributed by atoms with Crippen LogP contribution < -0.4 is 10.2 Å². The summed E-state index contributed by atoms with van der Waals surface area (Å²) in [6, 6.07) is 2.52. The van der Waals surface area contributed by atoms with E-state index in [1.165, 1.54) is 6.42 Å². The third-order valence-electron chi connectivity index (χ3n) is 3.38. The number of hydrogen-bond acceptors (Lipinski definition) is 3. The first-order valence-corrected chi connectivity index (χ1v) is 6.27. The number of pyridine rings is 1. The fourth-order valence-corrected chi connectivity index (χ4v) is 2.89. The van der Waals surface area contributed by atoms with Gasteiger partial charge in [-0.15, -0.1) is 0 Å². The average molecular weight is 258 g/mol. The van der Waals surface area contributed by atoms with Crippen LogP contribution >= 0.6 is 23.2 Å². The minimum Gasteiger partial charge on any atom is -0.368 e. The van der Waals surface area contributed by atoms with E-state index in [-0.39, 0.29) is 0 Å². The van der Waals surface area contributed by atoms with Crippen molar-refractivity contribution in [3.63, 3.8) is 0 Å². The van der Waals surface area contributed by atoms with E-state index in [4.69, 9.17) is 23.2 Å². The number of hydrogen-bond donors (Lipinski definition) is 1. The van der Waals surface area contributed by atoms with Crippen molar-refractivity contribution in [2.75, 3.05) is 24.5 Å². The summed E-state index contributed by atoms with van der Waals surface area (Å²) in [7, 11) is 0. The molecular weight excluding hydrogens is 245 g/mol. The van der Waals surface area contributed by atoms with Crippen molar-refractivity contribution in [1.29, 1.82) is 0 Å². The van der Waals surface area contributed by atoms with Gasteiger partial charge in [0.25, 0.3) is 0 Å². The predicted octanol–water partition coefficient (Wildman–Crippen LogP) is 2.19. The molecule has 86 valence electrons. The number of nitrogens with zero attached hydrogens (tertiary/aromatic N) is 2. The van der Waals surface area contributed by atoms with Crippen LogP contribution in [0.4, 0.5) is 5.69 Å². The molecule has 1 N–H and O–H groups in total. The highest BCUT2D eigenvalue weighted by molar-refractivity contribution is 6.41. The zero-order valence-electron chi connectivity index (χ0n) is 8.79. The molecule has 2 aliphatic heterocycles. The largest absolute Gasteiger partial charge is 0.368 e. The van der Waals surface area contributed by atoms with Crippen LogP contribution in [0.2, 0.25) is 10.2 Å². The summed E-state index contributed by atoms with van der Waals surface area (Å²) < 4.78 is 0. The van der Waals surface area contributed by atoms with Gasteiger partial charge in [0.15, 0.2) is 0 Å². The molecule has 0 radical (unpaired) electrons. The second kappa shape index (κ2) is 4.06. The molecule has 0 aliphatic carbocycles. The molecule has 2 atom stereocenters. The van der Waals surface area contributed by atoms with E-state index in [1.54, 1.807) is 6.20 Å². The third kappa shape index (κ3) is 1.88. The summed E-state index contributed by atoms with van der Waals surface area (Å²) in [5.74, 6) is 0.758. The lowest BCUT2D eigenvalue weighted by Gasteiger charge is -2.32. The van der Waals surface area contributed by atoms with Gasteiger partial charge in [0.2, 0.25) is 0 Å². The van der Waals surface area contributed by atoms with Crippen LogP contribution in [0.1, 0.15) is 6.42 Å². The van der Waals surface area contributed by atoms with Crippen LogP contribution in [0.3, 0.4) is 0 Å². The van der Waals surface area contributed by atoms with E-state index in [1.807, 2.05) is 6.07 Å². The Balaban J connectivity index is 1.84. The number of piperidine rings is 1. The molecule has 0 unspecified atom stereocenters. The Morgan fingerprint density at radius 3 is 3.00 bits per heavy atom. The number of nitrogens with one attached hydrogen (secondary N) is 1. The lowest BCUT2D eigenvalue weighted by atomic mass is 10.00. The van der Waals surface area contributed by atoms with Crippen molar-refractivity contribution in [1.82, 2.24) is 10.3 Å². The second-order valence-electron chi connectivity index (χ2n) is 4.58. The number of rotatable bonds is 1. The highest BCUT2D eigenvalue weighted by atomic mass is 35.5. The number of aromatic nitrogens is 1. The van der Waals surface area contributed by atoms with Gasteiger partial charge in [-0.3, -0.25) is 0 Å². The first kappa shape index (κ1) is 10.6. The Morgan fingerprint density at radius 1 is 1.38 bits per heavy atom. The number of anilines is 1. The molecule has 0 aromatic carbocycles. The van der Waals surface area contributed by atoms with Crippen LogP contribution in [-0.2, 0) is 0 Å². The average Bonchev–Trinajstić information content (AvgIpc) is 2.62. The molecule has 5 heteroatoms. The zero-order valence-corrected chi connectivity index (χ0v) is 10.3. The van der Waals surface area contributed by atoms with E-state index in [9.17, 15) is 0 Å². The molecule has 3 nitrogen and oxygen atoms in total. The maximum absolute atomic E-state index is 5.98. The molecule has 3 rings (SSSR count).